The summed E-state index contributed by atoms with van der Waals surface area (Å²) in [5.74, 6) is 0. The van der Waals surface area contributed by atoms with Gasteiger partial charge in [-0.05, 0) is 41.5 Å². The third-order valence-electron chi connectivity index (χ3n) is 3.31. The first-order valence-corrected chi connectivity index (χ1v) is 6.97. The molecule has 2 heteroatoms. The molecular formula is C17H10NS. The summed E-state index contributed by atoms with van der Waals surface area (Å²) in [6.07, 6.45) is 3.68. The molecule has 2 heterocycles. The Kier molecular flexibility index (Phi) is 2.35. The van der Waals surface area contributed by atoms with Crippen LogP contribution in [0.1, 0.15) is 0 Å². The number of rotatable bonds is 1. The van der Waals surface area contributed by atoms with Crippen molar-refractivity contribution in [1.29, 1.82) is 0 Å². The lowest BCUT2D eigenvalue weighted by Crippen LogP contribution is -1.79. The average molecular weight is 260 g/mol. The lowest BCUT2D eigenvalue weighted by atomic mass is 10.0. The Hall–Kier alpha value is -2.19. The molecule has 0 aliphatic carbocycles. The maximum atomic E-state index is 4.10. The van der Waals surface area contributed by atoms with Gasteiger partial charge in [0, 0.05) is 32.6 Å². The molecule has 0 amide bonds. The standard InChI is InChI=1S/C17H10NS/c1-2-6-15-14(4-1)17-13(5-3-7-16(17)19-15)12-8-10-18-11-9-12/h1-3,5-11H. The summed E-state index contributed by atoms with van der Waals surface area (Å²) in [6.45, 7) is 0. The molecule has 1 radical (unpaired) electrons. The highest BCUT2D eigenvalue weighted by atomic mass is 32.1. The van der Waals surface area contributed by atoms with Gasteiger partial charge in [0.25, 0.3) is 0 Å². The fraction of sp³-hybridized carbons (Fsp3) is 0. The molecule has 2 aromatic heterocycles. The minimum Gasteiger partial charge on any atom is -0.265 e. The van der Waals surface area contributed by atoms with Crippen LogP contribution in [0.4, 0.5) is 0 Å². The zero-order chi connectivity index (χ0) is 12.7. The van der Waals surface area contributed by atoms with E-state index in [4.69, 9.17) is 0 Å². The zero-order valence-electron chi connectivity index (χ0n) is 10.1. The van der Waals surface area contributed by atoms with Gasteiger partial charge in [-0.25, -0.2) is 0 Å². The van der Waals surface area contributed by atoms with E-state index < -0.39 is 0 Å². The fourth-order valence-electron chi connectivity index (χ4n) is 2.47. The van der Waals surface area contributed by atoms with Gasteiger partial charge in [-0.15, -0.1) is 11.3 Å². The van der Waals surface area contributed by atoms with Crippen molar-refractivity contribution < 1.29 is 0 Å². The average Bonchev–Trinajstić information content (AvgIpc) is 2.86. The Balaban J connectivity index is 2.17. The number of nitrogens with zero attached hydrogens (tertiary/aromatic N) is 1. The topological polar surface area (TPSA) is 12.9 Å². The van der Waals surface area contributed by atoms with Crippen LogP contribution in [-0.2, 0) is 0 Å². The SMILES string of the molecule is [c]1cccc2sc3cccc(-c4ccncc4)c3c12. The van der Waals surface area contributed by atoms with Crippen LogP contribution in [-0.4, -0.2) is 4.98 Å². The molecule has 0 bridgehead atoms. The Morgan fingerprint density at radius 3 is 2.63 bits per heavy atom. The molecule has 0 aliphatic heterocycles. The quantitative estimate of drug-likeness (QED) is 0.473. The Bertz CT molecular complexity index is 862. The summed E-state index contributed by atoms with van der Waals surface area (Å²) in [7, 11) is 0. The van der Waals surface area contributed by atoms with Crippen LogP contribution in [0.5, 0.6) is 0 Å². The van der Waals surface area contributed by atoms with E-state index in [-0.39, 0.29) is 0 Å². The third-order valence-corrected chi connectivity index (χ3v) is 4.43. The van der Waals surface area contributed by atoms with Crippen molar-refractivity contribution >= 4 is 31.5 Å². The van der Waals surface area contributed by atoms with Gasteiger partial charge >= 0.3 is 0 Å². The van der Waals surface area contributed by atoms with Gasteiger partial charge in [-0.3, -0.25) is 4.98 Å². The second kappa shape index (κ2) is 4.18. The van der Waals surface area contributed by atoms with Gasteiger partial charge in [0.05, 0.1) is 0 Å². The third kappa shape index (κ3) is 1.65. The minimum absolute atomic E-state index is 1.21. The van der Waals surface area contributed by atoms with E-state index in [1.807, 2.05) is 35.9 Å². The van der Waals surface area contributed by atoms with Crippen molar-refractivity contribution in [2.75, 3.05) is 0 Å². The normalized spacial score (nSPS) is 11.2. The molecular weight excluding hydrogens is 250 g/mol. The van der Waals surface area contributed by atoms with Crippen molar-refractivity contribution in [1.82, 2.24) is 4.98 Å². The molecule has 89 valence electrons. The molecule has 0 saturated carbocycles. The highest BCUT2D eigenvalue weighted by Crippen LogP contribution is 2.39. The summed E-state index contributed by atoms with van der Waals surface area (Å²) in [5.41, 5.74) is 2.46. The van der Waals surface area contributed by atoms with Gasteiger partial charge < -0.3 is 0 Å². The number of benzene rings is 2. The summed E-state index contributed by atoms with van der Waals surface area (Å²) < 4.78 is 2.60. The fourth-order valence-corrected chi connectivity index (χ4v) is 3.57. The molecule has 0 spiro atoms. The molecule has 19 heavy (non-hydrogen) atoms. The van der Waals surface area contributed by atoms with Gasteiger partial charge in [-0.1, -0.05) is 24.3 Å². The van der Waals surface area contributed by atoms with E-state index in [1.165, 1.54) is 31.3 Å². The minimum atomic E-state index is 1.21. The Morgan fingerprint density at radius 2 is 1.74 bits per heavy atom. The van der Waals surface area contributed by atoms with Crippen molar-refractivity contribution in [3.8, 4) is 11.1 Å². The molecule has 0 unspecified atom stereocenters. The molecule has 0 atom stereocenters. The summed E-state index contributed by atoms with van der Waals surface area (Å²) in [5, 5.41) is 2.52. The van der Waals surface area contributed by atoms with Crippen molar-refractivity contribution in [3.05, 3.63) is 67.0 Å². The van der Waals surface area contributed by atoms with Crippen LogP contribution in [0.15, 0.2) is 60.9 Å². The molecule has 0 aliphatic rings. The number of aromatic nitrogens is 1. The van der Waals surface area contributed by atoms with Crippen LogP contribution in [0, 0.1) is 6.07 Å². The van der Waals surface area contributed by atoms with E-state index in [0.717, 1.165) is 0 Å². The predicted molar refractivity (Wildman–Crippen MR) is 81.4 cm³/mol. The maximum Gasteiger partial charge on any atom is 0.0361 e. The number of thiophene rings is 1. The predicted octanol–water partition coefficient (Wildman–Crippen LogP) is 4.92. The van der Waals surface area contributed by atoms with Crippen molar-refractivity contribution in [2.24, 2.45) is 0 Å². The van der Waals surface area contributed by atoms with E-state index in [9.17, 15) is 0 Å². The van der Waals surface area contributed by atoms with Crippen molar-refractivity contribution in [2.45, 2.75) is 0 Å². The molecule has 0 saturated heterocycles. The molecule has 0 N–H and O–H groups in total. The first kappa shape index (κ1) is 10.7. The van der Waals surface area contributed by atoms with Gasteiger partial charge in [0.2, 0.25) is 0 Å². The smallest absolute Gasteiger partial charge is 0.0361 e. The van der Waals surface area contributed by atoms with Crippen LogP contribution in [0.25, 0.3) is 31.3 Å². The number of hydrogen-bond acceptors (Lipinski definition) is 2. The summed E-state index contributed by atoms with van der Waals surface area (Å²) in [4.78, 5) is 4.10. The van der Waals surface area contributed by atoms with E-state index >= 15 is 0 Å². The van der Waals surface area contributed by atoms with E-state index in [2.05, 4.69) is 47.4 Å². The Labute approximate surface area is 115 Å². The first-order valence-electron chi connectivity index (χ1n) is 6.16. The highest BCUT2D eigenvalue weighted by molar-refractivity contribution is 7.25. The summed E-state index contributed by atoms with van der Waals surface area (Å²) in [6, 6.07) is 20.2. The molecule has 1 nitrogen and oxygen atoms in total. The number of pyridine rings is 1. The van der Waals surface area contributed by atoms with Crippen LogP contribution in [0.3, 0.4) is 0 Å². The van der Waals surface area contributed by atoms with E-state index in [0.29, 0.717) is 0 Å². The number of fused-ring (bicyclic) bond motifs is 3. The largest absolute Gasteiger partial charge is 0.265 e. The van der Waals surface area contributed by atoms with Crippen LogP contribution < -0.4 is 0 Å². The molecule has 2 aromatic carbocycles. The first-order chi connectivity index (χ1) is 9.43. The lowest BCUT2D eigenvalue weighted by molar-refractivity contribution is 1.33. The van der Waals surface area contributed by atoms with Gasteiger partial charge in [-0.2, -0.15) is 0 Å². The number of hydrogen-bond donors (Lipinski definition) is 0. The summed E-state index contributed by atoms with van der Waals surface area (Å²) >= 11 is 1.82. The lowest BCUT2D eigenvalue weighted by Gasteiger charge is -2.03. The maximum absolute atomic E-state index is 4.10. The molecule has 4 rings (SSSR count). The van der Waals surface area contributed by atoms with Crippen molar-refractivity contribution in [3.63, 3.8) is 0 Å². The second-order valence-corrected chi connectivity index (χ2v) is 5.51. The van der Waals surface area contributed by atoms with Gasteiger partial charge in [0.1, 0.15) is 0 Å². The van der Waals surface area contributed by atoms with Crippen LogP contribution >= 0.6 is 11.3 Å². The van der Waals surface area contributed by atoms with E-state index in [1.54, 1.807) is 0 Å². The van der Waals surface area contributed by atoms with Crippen LogP contribution in [0.2, 0.25) is 0 Å². The zero-order valence-corrected chi connectivity index (χ0v) is 10.9. The van der Waals surface area contributed by atoms with Gasteiger partial charge in [0.15, 0.2) is 0 Å². The molecule has 4 aromatic rings. The molecule has 0 fully saturated rings. The highest BCUT2D eigenvalue weighted by Gasteiger charge is 2.09. The second-order valence-electron chi connectivity index (χ2n) is 4.43. The monoisotopic (exact) mass is 260 g/mol. The Morgan fingerprint density at radius 1 is 0.895 bits per heavy atom.